The second-order valence-corrected chi connectivity index (χ2v) is 7.63. The number of para-hydroxylation sites is 1. The number of anilines is 1. The number of carbonyl (C=O) groups excluding carboxylic acids is 3. The fourth-order valence-corrected chi connectivity index (χ4v) is 3.37. The zero-order valence-electron chi connectivity index (χ0n) is 16.9. The van der Waals surface area contributed by atoms with Crippen LogP contribution in [0, 0.1) is 0 Å². The van der Waals surface area contributed by atoms with E-state index in [9.17, 15) is 14.4 Å². The highest BCUT2D eigenvalue weighted by atomic mass is 79.9. The fraction of sp³-hybridized carbons (Fsp3) is 0.125. The second kappa shape index (κ2) is 10.5. The van der Waals surface area contributed by atoms with E-state index in [-0.39, 0.29) is 24.8 Å². The van der Waals surface area contributed by atoms with Crippen LogP contribution in [-0.2, 0) is 22.6 Å². The van der Waals surface area contributed by atoms with Crippen LogP contribution < -0.4 is 15.4 Å². The van der Waals surface area contributed by atoms with E-state index in [1.165, 1.54) is 13.0 Å². The molecule has 158 valence electrons. The van der Waals surface area contributed by atoms with E-state index in [2.05, 4.69) is 26.6 Å². The summed E-state index contributed by atoms with van der Waals surface area (Å²) in [4.78, 5) is 36.1. The third-order valence-corrected chi connectivity index (χ3v) is 5.17. The number of nitrogens with one attached hydrogen (secondary N) is 2. The molecule has 3 aromatic rings. The lowest BCUT2D eigenvalue weighted by Crippen LogP contribution is -2.24. The van der Waals surface area contributed by atoms with Crippen LogP contribution in [0.15, 0.2) is 77.3 Å². The van der Waals surface area contributed by atoms with Gasteiger partial charge in [-0.3, -0.25) is 14.4 Å². The van der Waals surface area contributed by atoms with Gasteiger partial charge in [0.2, 0.25) is 5.91 Å². The predicted molar refractivity (Wildman–Crippen MR) is 122 cm³/mol. The highest BCUT2D eigenvalue weighted by Gasteiger charge is 2.12. The lowest BCUT2D eigenvalue weighted by molar-refractivity contribution is -0.131. The third kappa shape index (κ3) is 6.52. The van der Waals surface area contributed by atoms with E-state index in [0.29, 0.717) is 17.0 Å². The zero-order chi connectivity index (χ0) is 22.2. The van der Waals surface area contributed by atoms with Gasteiger partial charge in [-0.15, -0.1) is 0 Å². The molecule has 0 aliphatic carbocycles. The molecule has 3 aromatic carbocycles. The van der Waals surface area contributed by atoms with Crippen molar-refractivity contribution in [2.24, 2.45) is 0 Å². The summed E-state index contributed by atoms with van der Waals surface area (Å²) in [7, 11) is 0. The van der Waals surface area contributed by atoms with E-state index < -0.39 is 5.97 Å². The van der Waals surface area contributed by atoms with Crippen molar-refractivity contribution in [2.45, 2.75) is 19.9 Å². The first-order chi connectivity index (χ1) is 14.9. The molecule has 31 heavy (non-hydrogen) atoms. The average Bonchev–Trinajstić information content (AvgIpc) is 2.74. The Hall–Kier alpha value is -3.45. The lowest BCUT2D eigenvalue weighted by atomic mass is 10.1. The van der Waals surface area contributed by atoms with Gasteiger partial charge in [-0.2, -0.15) is 0 Å². The molecular weight excluding hydrogens is 460 g/mol. The molecule has 0 aromatic heterocycles. The van der Waals surface area contributed by atoms with Crippen molar-refractivity contribution in [2.75, 3.05) is 5.32 Å². The summed E-state index contributed by atoms with van der Waals surface area (Å²) in [5, 5.41) is 5.74. The molecule has 0 aliphatic heterocycles. The summed E-state index contributed by atoms with van der Waals surface area (Å²) in [6, 6.07) is 21.2. The Bertz CT molecular complexity index is 1110. The minimum Gasteiger partial charge on any atom is -0.427 e. The summed E-state index contributed by atoms with van der Waals surface area (Å²) in [5.41, 5.74) is 2.66. The van der Waals surface area contributed by atoms with Crippen molar-refractivity contribution in [1.29, 1.82) is 0 Å². The molecule has 0 atom stereocenters. The molecule has 0 heterocycles. The van der Waals surface area contributed by atoms with Crippen molar-refractivity contribution in [1.82, 2.24) is 5.32 Å². The molecule has 0 fully saturated rings. The molecule has 0 spiro atoms. The Morgan fingerprint density at radius 2 is 1.61 bits per heavy atom. The first-order valence-corrected chi connectivity index (χ1v) is 10.4. The lowest BCUT2D eigenvalue weighted by Gasteiger charge is -2.13. The van der Waals surface area contributed by atoms with Gasteiger partial charge in [0.1, 0.15) is 5.75 Å². The molecule has 2 N–H and O–H groups in total. The number of hydrogen-bond acceptors (Lipinski definition) is 4. The van der Waals surface area contributed by atoms with Crippen LogP contribution in [0.4, 0.5) is 5.69 Å². The van der Waals surface area contributed by atoms with Crippen LogP contribution in [0.5, 0.6) is 5.75 Å². The van der Waals surface area contributed by atoms with Gasteiger partial charge in [-0.1, -0.05) is 58.4 Å². The third-order valence-electron chi connectivity index (χ3n) is 4.40. The van der Waals surface area contributed by atoms with Gasteiger partial charge in [0, 0.05) is 29.2 Å². The van der Waals surface area contributed by atoms with Crippen LogP contribution in [0.3, 0.4) is 0 Å². The first kappa shape index (κ1) is 22.2. The van der Waals surface area contributed by atoms with Crippen LogP contribution >= 0.6 is 15.9 Å². The number of amides is 2. The molecule has 0 radical (unpaired) electrons. The summed E-state index contributed by atoms with van der Waals surface area (Å²) >= 11 is 3.45. The maximum atomic E-state index is 12.5. The Morgan fingerprint density at radius 1 is 0.903 bits per heavy atom. The number of esters is 1. The average molecular weight is 481 g/mol. The Kier molecular flexibility index (Phi) is 7.56. The van der Waals surface area contributed by atoms with Crippen LogP contribution in [0.2, 0.25) is 0 Å². The van der Waals surface area contributed by atoms with E-state index in [1.807, 2.05) is 42.5 Å². The van der Waals surface area contributed by atoms with Gasteiger partial charge in [0.15, 0.2) is 0 Å². The first-order valence-electron chi connectivity index (χ1n) is 9.60. The highest BCUT2D eigenvalue weighted by molar-refractivity contribution is 9.10. The van der Waals surface area contributed by atoms with Crippen LogP contribution in [0.1, 0.15) is 28.4 Å². The van der Waals surface area contributed by atoms with E-state index in [1.54, 1.807) is 24.3 Å². The van der Waals surface area contributed by atoms with Crippen LogP contribution in [-0.4, -0.2) is 17.8 Å². The van der Waals surface area contributed by atoms with E-state index >= 15 is 0 Å². The van der Waals surface area contributed by atoms with Crippen molar-refractivity contribution >= 4 is 39.4 Å². The second-order valence-electron chi connectivity index (χ2n) is 6.78. The normalized spacial score (nSPS) is 10.3. The molecule has 6 nitrogen and oxygen atoms in total. The number of carbonyl (C=O) groups is 3. The highest BCUT2D eigenvalue weighted by Crippen LogP contribution is 2.19. The monoisotopic (exact) mass is 480 g/mol. The van der Waals surface area contributed by atoms with Gasteiger partial charge in [0.05, 0.1) is 6.42 Å². The Labute approximate surface area is 188 Å². The summed E-state index contributed by atoms with van der Waals surface area (Å²) in [6.45, 7) is 1.52. The van der Waals surface area contributed by atoms with Gasteiger partial charge < -0.3 is 15.4 Å². The van der Waals surface area contributed by atoms with Gasteiger partial charge in [-0.05, 0) is 41.5 Å². The van der Waals surface area contributed by atoms with Gasteiger partial charge >= 0.3 is 5.97 Å². The number of benzene rings is 3. The molecule has 0 bridgehead atoms. The summed E-state index contributed by atoms with van der Waals surface area (Å²) in [5.74, 6) is -0.618. The van der Waals surface area contributed by atoms with Crippen molar-refractivity contribution in [3.05, 3.63) is 94.0 Å². The van der Waals surface area contributed by atoms with Gasteiger partial charge in [0.25, 0.3) is 5.91 Å². The SMILES string of the molecule is CC(=O)Oc1cccc(C(=O)NCc2ccccc2NC(=O)Cc2ccccc2Br)c1. The molecule has 3 rings (SSSR count). The molecule has 0 saturated carbocycles. The minimum absolute atomic E-state index is 0.153. The topological polar surface area (TPSA) is 84.5 Å². The largest absolute Gasteiger partial charge is 0.427 e. The summed E-state index contributed by atoms with van der Waals surface area (Å²) in [6.07, 6.45) is 0.227. The fourth-order valence-electron chi connectivity index (χ4n) is 2.95. The number of halogens is 1. The zero-order valence-corrected chi connectivity index (χ0v) is 18.4. The van der Waals surface area contributed by atoms with Crippen molar-refractivity contribution in [3.63, 3.8) is 0 Å². The molecular formula is C24H21BrN2O4. The number of rotatable bonds is 7. The maximum absolute atomic E-state index is 12.5. The van der Waals surface area contributed by atoms with E-state index in [0.717, 1.165) is 15.6 Å². The number of hydrogen-bond donors (Lipinski definition) is 2. The van der Waals surface area contributed by atoms with E-state index in [4.69, 9.17) is 4.74 Å². The van der Waals surface area contributed by atoms with Crippen molar-refractivity contribution < 1.29 is 19.1 Å². The minimum atomic E-state index is -0.454. The molecule has 0 aliphatic rings. The smallest absolute Gasteiger partial charge is 0.308 e. The molecule has 0 saturated heterocycles. The summed E-state index contributed by atoms with van der Waals surface area (Å²) < 4.78 is 5.89. The molecule has 7 heteroatoms. The van der Waals surface area contributed by atoms with Gasteiger partial charge in [-0.25, -0.2) is 0 Å². The van der Waals surface area contributed by atoms with Crippen LogP contribution in [0.25, 0.3) is 0 Å². The predicted octanol–water partition coefficient (Wildman–Crippen LogP) is 4.49. The Morgan fingerprint density at radius 3 is 2.35 bits per heavy atom. The van der Waals surface area contributed by atoms with Crippen molar-refractivity contribution in [3.8, 4) is 5.75 Å². The number of ether oxygens (including phenoxy) is 1. The maximum Gasteiger partial charge on any atom is 0.308 e. The quantitative estimate of drug-likeness (QED) is 0.385. The standard InChI is InChI=1S/C24H21BrN2O4/c1-16(28)31-20-10-6-9-18(13-20)24(30)26-15-19-8-3-5-12-22(19)27-23(29)14-17-7-2-4-11-21(17)25/h2-13H,14-15H2,1H3,(H,26,30)(H,27,29). The molecule has 2 amide bonds. The Balaban J connectivity index is 1.64. The molecule has 0 unspecified atom stereocenters.